The van der Waals surface area contributed by atoms with Gasteiger partial charge >= 0.3 is 0 Å². The summed E-state index contributed by atoms with van der Waals surface area (Å²) in [4.78, 5) is 23.3. The molecule has 1 aromatic heterocycles. The smallest absolute Gasteiger partial charge is 0.279 e. The molecule has 0 aliphatic heterocycles. The van der Waals surface area contributed by atoms with Crippen molar-refractivity contribution in [3.63, 3.8) is 0 Å². The third-order valence-corrected chi connectivity index (χ3v) is 1.76. The number of alkyl halides is 2. The number of nitrogens with one attached hydrogen (secondary N) is 1. The summed E-state index contributed by atoms with van der Waals surface area (Å²) in [6, 6.07) is 1.04. The summed E-state index contributed by atoms with van der Waals surface area (Å²) in [6.45, 7) is -0.127. The number of H-pyrrole nitrogens is 1. The van der Waals surface area contributed by atoms with Crippen molar-refractivity contribution >= 4 is 6.29 Å². The Morgan fingerprint density at radius 2 is 2.21 bits per heavy atom. The number of carbonyl (C=O) groups excluding carboxylic acids is 1. The van der Waals surface area contributed by atoms with E-state index in [0.717, 1.165) is 6.07 Å². The molecule has 0 unspecified atom stereocenters. The van der Waals surface area contributed by atoms with Crippen LogP contribution in [0.15, 0.2) is 10.9 Å². The molecule has 0 aliphatic rings. The van der Waals surface area contributed by atoms with Crippen LogP contribution in [0.3, 0.4) is 0 Å². The van der Waals surface area contributed by atoms with Gasteiger partial charge in [0.1, 0.15) is 0 Å². The van der Waals surface area contributed by atoms with Crippen molar-refractivity contribution in [3.05, 3.63) is 33.2 Å². The second kappa shape index (κ2) is 4.10. The molecule has 76 valence electrons. The monoisotopic (exact) mass is 202 g/mol. The predicted octanol–water partition coefficient (Wildman–Crippen LogP) is 0.584. The summed E-state index contributed by atoms with van der Waals surface area (Å²) < 4.78 is 24.7. The average Bonchev–Trinajstić information content (AvgIpc) is 2.16. The lowest BCUT2D eigenvalue weighted by atomic mass is 10.1. The van der Waals surface area contributed by atoms with Crippen LogP contribution in [0.25, 0.3) is 0 Å². The van der Waals surface area contributed by atoms with Crippen molar-refractivity contribution < 1.29 is 13.6 Å². The molecule has 14 heavy (non-hydrogen) atoms. The first-order valence-electron chi connectivity index (χ1n) is 3.79. The van der Waals surface area contributed by atoms with Crippen LogP contribution in [0, 0.1) is 0 Å². The van der Waals surface area contributed by atoms with Gasteiger partial charge in [-0.05, 0) is 5.56 Å². The van der Waals surface area contributed by atoms with Crippen LogP contribution in [0.2, 0.25) is 0 Å². The first-order valence-corrected chi connectivity index (χ1v) is 3.79. The van der Waals surface area contributed by atoms with E-state index >= 15 is 0 Å². The van der Waals surface area contributed by atoms with Crippen molar-refractivity contribution in [2.75, 3.05) is 0 Å². The average molecular weight is 202 g/mol. The van der Waals surface area contributed by atoms with Gasteiger partial charge in [-0.1, -0.05) is 0 Å². The summed E-state index contributed by atoms with van der Waals surface area (Å²) in [7, 11) is 0. The molecule has 1 rings (SSSR count). The van der Waals surface area contributed by atoms with Gasteiger partial charge in [0, 0.05) is 18.2 Å². The molecule has 6 heteroatoms. The van der Waals surface area contributed by atoms with E-state index in [1.807, 2.05) is 4.98 Å². The van der Waals surface area contributed by atoms with Gasteiger partial charge in [0.25, 0.3) is 6.43 Å². The Hall–Kier alpha value is -1.56. The van der Waals surface area contributed by atoms with Crippen LogP contribution < -0.4 is 11.3 Å². The van der Waals surface area contributed by atoms with Crippen molar-refractivity contribution in [1.29, 1.82) is 0 Å². The van der Waals surface area contributed by atoms with E-state index in [4.69, 9.17) is 5.73 Å². The minimum absolute atomic E-state index is 0.124. The number of carbonyl (C=O) groups is 1. The van der Waals surface area contributed by atoms with Gasteiger partial charge in [0.05, 0.1) is 5.69 Å². The zero-order chi connectivity index (χ0) is 10.7. The van der Waals surface area contributed by atoms with Crippen LogP contribution in [-0.2, 0) is 6.54 Å². The molecule has 3 N–H and O–H groups in total. The highest BCUT2D eigenvalue weighted by Gasteiger charge is 2.16. The van der Waals surface area contributed by atoms with Gasteiger partial charge in [-0.25, -0.2) is 8.78 Å². The van der Waals surface area contributed by atoms with Crippen molar-refractivity contribution in [2.24, 2.45) is 5.73 Å². The quantitative estimate of drug-likeness (QED) is 0.704. The van der Waals surface area contributed by atoms with E-state index in [0.29, 0.717) is 0 Å². The van der Waals surface area contributed by atoms with Gasteiger partial charge in [0.15, 0.2) is 6.29 Å². The number of hydrogen-bond acceptors (Lipinski definition) is 3. The highest BCUT2D eigenvalue weighted by molar-refractivity contribution is 5.78. The molecule has 0 spiro atoms. The van der Waals surface area contributed by atoms with Crippen molar-refractivity contribution in [2.45, 2.75) is 13.0 Å². The number of nitrogens with two attached hydrogens (primary N) is 1. The Morgan fingerprint density at radius 1 is 1.57 bits per heavy atom. The minimum Gasteiger partial charge on any atom is -0.326 e. The number of hydrogen-bond donors (Lipinski definition) is 2. The largest absolute Gasteiger partial charge is 0.326 e. The van der Waals surface area contributed by atoms with Gasteiger partial charge in [-0.2, -0.15) is 0 Å². The van der Waals surface area contributed by atoms with E-state index in [1.165, 1.54) is 0 Å². The highest BCUT2D eigenvalue weighted by atomic mass is 19.3. The zero-order valence-electron chi connectivity index (χ0n) is 7.09. The molecule has 0 bridgehead atoms. The first kappa shape index (κ1) is 10.5. The number of aldehydes is 1. The number of pyridine rings is 1. The molecule has 0 atom stereocenters. The number of aromatic amines is 1. The minimum atomic E-state index is -2.89. The van der Waals surface area contributed by atoms with Gasteiger partial charge in [-0.3, -0.25) is 9.59 Å². The summed E-state index contributed by atoms with van der Waals surface area (Å²) in [5.41, 5.74) is 3.74. The highest BCUT2D eigenvalue weighted by Crippen LogP contribution is 2.20. The van der Waals surface area contributed by atoms with Crippen molar-refractivity contribution in [3.8, 4) is 0 Å². The summed E-state index contributed by atoms with van der Waals surface area (Å²) in [6.07, 6.45) is -2.63. The number of halogens is 2. The molecule has 0 amide bonds. The maximum atomic E-state index is 12.3. The Bertz CT molecular complexity index is 401. The summed E-state index contributed by atoms with van der Waals surface area (Å²) >= 11 is 0. The molecule has 0 saturated heterocycles. The van der Waals surface area contributed by atoms with Crippen LogP contribution in [0.4, 0.5) is 8.78 Å². The normalized spacial score (nSPS) is 10.6. The second-order valence-electron chi connectivity index (χ2n) is 2.61. The van der Waals surface area contributed by atoms with Crippen LogP contribution in [0.1, 0.15) is 28.0 Å². The molecule has 0 aliphatic carbocycles. The lowest BCUT2D eigenvalue weighted by molar-refractivity contribution is 0.110. The van der Waals surface area contributed by atoms with Gasteiger partial charge < -0.3 is 10.7 Å². The third kappa shape index (κ3) is 1.85. The number of rotatable bonds is 3. The molecule has 1 heterocycles. The summed E-state index contributed by atoms with van der Waals surface area (Å²) in [5.74, 6) is 0. The topological polar surface area (TPSA) is 76.0 Å². The Balaban J connectivity index is 3.47. The van der Waals surface area contributed by atoms with E-state index in [2.05, 4.69) is 0 Å². The fraction of sp³-hybridized carbons (Fsp3) is 0.250. The van der Waals surface area contributed by atoms with Crippen LogP contribution in [-0.4, -0.2) is 11.3 Å². The zero-order valence-corrected chi connectivity index (χ0v) is 7.09. The molecule has 4 nitrogen and oxygen atoms in total. The van der Waals surface area contributed by atoms with E-state index < -0.39 is 17.7 Å². The molecule has 0 aromatic carbocycles. The molecule has 1 aromatic rings. The van der Waals surface area contributed by atoms with Crippen molar-refractivity contribution in [1.82, 2.24) is 4.98 Å². The fourth-order valence-corrected chi connectivity index (χ4v) is 1.13. The molecule has 0 fully saturated rings. The summed E-state index contributed by atoms with van der Waals surface area (Å²) in [5, 5.41) is 0. The predicted molar refractivity (Wildman–Crippen MR) is 45.3 cm³/mol. The first-order chi connectivity index (χ1) is 6.60. The van der Waals surface area contributed by atoms with E-state index in [-0.39, 0.29) is 24.0 Å². The third-order valence-electron chi connectivity index (χ3n) is 1.76. The van der Waals surface area contributed by atoms with E-state index in [9.17, 15) is 18.4 Å². The van der Waals surface area contributed by atoms with E-state index in [1.54, 1.807) is 0 Å². The molecule has 0 radical (unpaired) electrons. The van der Waals surface area contributed by atoms with Crippen LogP contribution in [0.5, 0.6) is 0 Å². The molecular weight excluding hydrogens is 194 g/mol. The standard InChI is InChI=1S/C8H8F2N2O2/c9-8(10)7-5(3-13)4(2-11)1-6(14)12-7/h1,3,8H,2,11H2,(H,12,14). The second-order valence-corrected chi connectivity index (χ2v) is 2.61. The Morgan fingerprint density at radius 3 is 2.64 bits per heavy atom. The Labute approximate surface area is 77.7 Å². The van der Waals surface area contributed by atoms with Crippen LogP contribution >= 0.6 is 0 Å². The Kier molecular flexibility index (Phi) is 3.08. The van der Waals surface area contributed by atoms with Gasteiger partial charge in [0.2, 0.25) is 5.56 Å². The fourth-order valence-electron chi connectivity index (χ4n) is 1.13. The maximum Gasteiger partial charge on any atom is 0.279 e. The maximum absolute atomic E-state index is 12.3. The number of aromatic nitrogens is 1. The van der Waals surface area contributed by atoms with Gasteiger partial charge in [-0.15, -0.1) is 0 Å². The lowest BCUT2D eigenvalue weighted by Crippen LogP contribution is -2.16. The molecule has 0 saturated carbocycles. The lowest BCUT2D eigenvalue weighted by Gasteiger charge is -2.06. The molecular formula is C8H8F2N2O2. The SMILES string of the molecule is NCc1cc(=O)[nH]c(C(F)F)c1C=O.